The van der Waals surface area contributed by atoms with Crippen LogP contribution in [0.1, 0.15) is 57.1 Å². The standard InChI is InChI=1S/C20H24N4O7S2/c1-5-24-16(10-6-7-10)22-23-20(24)32-9-12(25)21-17-14(18(27)30-3)11(8-13(26)29-2)15(33-17)19(28)31-4/h10H,5-9H2,1-4H3,(H,21,25). The molecule has 2 aromatic heterocycles. The fraction of sp³-hybridized carbons (Fsp3) is 0.500. The lowest BCUT2D eigenvalue weighted by Crippen LogP contribution is -2.17. The van der Waals surface area contributed by atoms with Crippen LogP contribution in [-0.2, 0) is 36.8 Å². The third-order valence-corrected chi connectivity index (χ3v) is 7.00. The zero-order chi connectivity index (χ0) is 24.1. The summed E-state index contributed by atoms with van der Waals surface area (Å²) < 4.78 is 16.2. The van der Waals surface area contributed by atoms with Crippen LogP contribution < -0.4 is 5.32 Å². The van der Waals surface area contributed by atoms with Crippen LogP contribution in [0.25, 0.3) is 0 Å². The number of amides is 1. The van der Waals surface area contributed by atoms with Gasteiger partial charge in [0, 0.05) is 18.0 Å². The second kappa shape index (κ2) is 10.8. The molecule has 0 saturated heterocycles. The van der Waals surface area contributed by atoms with Gasteiger partial charge in [0.1, 0.15) is 15.7 Å². The van der Waals surface area contributed by atoms with Gasteiger partial charge in [0.25, 0.3) is 0 Å². The van der Waals surface area contributed by atoms with Gasteiger partial charge in [0.2, 0.25) is 5.91 Å². The van der Waals surface area contributed by atoms with E-state index in [9.17, 15) is 19.2 Å². The highest BCUT2D eigenvalue weighted by Gasteiger charge is 2.32. The summed E-state index contributed by atoms with van der Waals surface area (Å²) in [7, 11) is 3.53. The highest BCUT2D eigenvalue weighted by Crippen LogP contribution is 2.40. The van der Waals surface area contributed by atoms with Gasteiger partial charge in [-0.3, -0.25) is 9.59 Å². The summed E-state index contributed by atoms with van der Waals surface area (Å²) in [5, 5.41) is 11.8. The Bertz CT molecular complexity index is 1070. The molecule has 178 valence electrons. The first-order chi connectivity index (χ1) is 15.8. The molecule has 1 aliphatic rings. The summed E-state index contributed by atoms with van der Waals surface area (Å²) in [4.78, 5) is 49.3. The number of aromatic nitrogens is 3. The van der Waals surface area contributed by atoms with Crippen LogP contribution in [0.3, 0.4) is 0 Å². The third-order valence-electron chi connectivity index (χ3n) is 4.91. The average molecular weight is 497 g/mol. The van der Waals surface area contributed by atoms with E-state index in [1.54, 1.807) is 0 Å². The SMILES string of the molecule is CCn1c(SCC(=O)Nc2sc(C(=O)OC)c(CC(=O)OC)c2C(=O)OC)nnc1C1CC1. The molecule has 1 N–H and O–H groups in total. The number of carbonyl (C=O) groups excluding carboxylic acids is 4. The summed E-state index contributed by atoms with van der Waals surface area (Å²) in [6.45, 7) is 2.68. The lowest BCUT2D eigenvalue weighted by atomic mass is 10.1. The molecule has 0 unspecified atom stereocenters. The number of ether oxygens (including phenoxy) is 3. The fourth-order valence-electron chi connectivity index (χ4n) is 3.15. The van der Waals surface area contributed by atoms with Crippen LogP contribution in [0, 0.1) is 0 Å². The van der Waals surface area contributed by atoms with E-state index in [-0.39, 0.29) is 33.2 Å². The molecule has 11 nitrogen and oxygen atoms in total. The Hall–Kier alpha value is -2.93. The molecule has 1 aliphatic carbocycles. The van der Waals surface area contributed by atoms with Crippen LogP contribution in [0.5, 0.6) is 0 Å². The third kappa shape index (κ3) is 5.53. The van der Waals surface area contributed by atoms with E-state index in [0.717, 1.165) is 37.1 Å². The van der Waals surface area contributed by atoms with Gasteiger partial charge in [0.05, 0.1) is 39.1 Å². The van der Waals surface area contributed by atoms with Crippen molar-refractivity contribution in [3.05, 3.63) is 21.8 Å². The summed E-state index contributed by atoms with van der Waals surface area (Å²) in [6.07, 6.45) is 1.82. The van der Waals surface area contributed by atoms with Crippen molar-refractivity contribution >= 4 is 51.9 Å². The number of esters is 3. The van der Waals surface area contributed by atoms with Gasteiger partial charge in [-0.25, -0.2) is 9.59 Å². The van der Waals surface area contributed by atoms with Crippen molar-refractivity contribution in [2.45, 2.75) is 43.8 Å². The Morgan fingerprint density at radius 3 is 2.36 bits per heavy atom. The van der Waals surface area contributed by atoms with Crippen LogP contribution in [0.15, 0.2) is 5.16 Å². The number of nitrogens with zero attached hydrogens (tertiary/aromatic N) is 3. The Morgan fingerprint density at radius 1 is 1.09 bits per heavy atom. The molecule has 0 aromatic carbocycles. The van der Waals surface area contributed by atoms with Crippen molar-refractivity contribution in [3.63, 3.8) is 0 Å². The summed E-state index contributed by atoms with van der Waals surface area (Å²) in [5.41, 5.74) is -0.00676. The molecular weight excluding hydrogens is 472 g/mol. The normalized spacial score (nSPS) is 12.8. The second-order valence-corrected chi connectivity index (χ2v) is 9.01. The lowest BCUT2D eigenvalue weighted by Gasteiger charge is -2.08. The number of thiophene rings is 1. The highest BCUT2D eigenvalue weighted by molar-refractivity contribution is 7.99. The topological polar surface area (TPSA) is 139 Å². The van der Waals surface area contributed by atoms with Crippen molar-refractivity contribution in [1.82, 2.24) is 14.8 Å². The van der Waals surface area contributed by atoms with Gasteiger partial charge in [-0.05, 0) is 19.8 Å². The van der Waals surface area contributed by atoms with E-state index in [0.29, 0.717) is 17.6 Å². The zero-order valence-electron chi connectivity index (χ0n) is 18.6. The maximum Gasteiger partial charge on any atom is 0.348 e. The van der Waals surface area contributed by atoms with Crippen LogP contribution in [0.4, 0.5) is 5.00 Å². The molecular formula is C20H24N4O7S2. The van der Waals surface area contributed by atoms with Gasteiger partial charge in [-0.15, -0.1) is 21.5 Å². The molecule has 1 fully saturated rings. The van der Waals surface area contributed by atoms with Gasteiger partial charge >= 0.3 is 17.9 Å². The summed E-state index contributed by atoms with van der Waals surface area (Å²) in [6, 6.07) is 0. The minimum atomic E-state index is -0.803. The summed E-state index contributed by atoms with van der Waals surface area (Å²) in [5.74, 6) is -1.28. The smallest absolute Gasteiger partial charge is 0.348 e. The van der Waals surface area contributed by atoms with Crippen molar-refractivity contribution in [2.75, 3.05) is 32.4 Å². The second-order valence-electron chi connectivity index (χ2n) is 7.05. The number of thioether (sulfide) groups is 1. The van der Waals surface area contributed by atoms with Gasteiger partial charge in [0.15, 0.2) is 5.16 Å². The zero-order valence-corrected chi connectivity index (χ0v) is 20.3. The largest absolute Gasteiger partial charge is 0.469 e. The molecule has 0 aliphatic heterocycles. The van der Waals surface area contributed by atoms with Gasteiger partial charge < -0.3 is 24.1 Å². The highest BCUT2D eigenvalue weighted by atomic mass is 32.2. The number of rotatable bonds is 10. The number of carbonyl (C=O) groups is 4. The molecule has 0 atom stereocenters. The first-order valence-corrected chi connectivity index (χ1v) is 11.9. The van der Waals surface area contributed by atoms with E-state index in [1.165, 1.54) is 26.0 Å². The lowest BCUT2D eigenvalue weighted by molar-refractivity contribution is -0.139. The van der Waals surface area contributed by atoms with Gasteiger partial charge in [-0.2, -0.15) is 0 Å². The minimum absolute atomic E-state index is 0.00120. The monoisotopic (exact) mass is 496 g/mol. The van der Waals surface area contributed by atoms with Crippen molar-refractivity contribution in [3.8, 4) is 0 Å². The Balaban J connectivity index is 1.82. The molecule has 33 heavy (non-hydrogen) atoms. The molecule has 0 spiro atoms. The van der Waals surface area contributed by atoms with Crippen molar-refractivity contribution in [1.29, 1.82) is 0 Å². The Labute approximate surface area is 198 Å². The minimum Gasteiger partial charge on any atom is -0.469 e. The van der Waals surface area contributed by atoms with Crippen LogP contribution in [-0.4, -0.2) is 65.7 Å². The van der Waals surface area contributed by atoms with Crippen molar-refractivity contribution < 1.29 is 33.4 Å². The molecule has 0 bridgehead atoms. The first kappa shape index (κ1) is 24.7. The molecule has 3 rings (SSSR count). The first-order valence-electron chi connectivity index (χ1n) is 10.1. The Kier molecular flexibility index (Phi) is 8.08. The number of nitrogens with one attached hydrogen (secondary N) is 1. The summed E-state index contributed by atoms with van der Waals surface area (Å²) >= 11 is 2.05. The predicted octanol–water partition coefficient (Wildman–Crippen LogP) is 2.26. The number of hydrogen-bond donors (Lipinski definition) is 1. The van der Waals surface area contributed by atoms with Crippen molar-refractivity contribution in [2.24, 2.45) is 0 Å². The predicted molar refractivity (Wildman–Crippen MR) is 120 cm³/mol. The Morgan fingerprint density at radius 2 is 1.79 bits per heavy atom. The van der Waals surface area contributed by atoms with E-state index in [1.807, 2.05) is 11.5 Å². The molecule has 13 heteroatoms. The molecule has 1 saturated carbocycles. The molecule has 2 aromatic rings. The van der Waals surface area contributed by atoms with E-state index >= 15 is 0 Å². The quantitative estimate of drug-likeness (QED) is 0.296. The van der Waals surface area contributed by atoms with Crippen LogP contribution >= 0.6 is 23.1 Å². The van der Waals surface area contributed by atoms with E-state index in [4.69, 9.17) is 9.47 Å². The molecule has 0 radical (unpaired) electrons. The van der Waals surface area contributed by atoms with Gasteiger partial charge in [-0.1, -0.05) is 11.8 Å². The van der Waals surface area contributed by atoms with Crippen LogP contribution in [0.2, 0.25) is 0 Å². The number of hydrogen-bond acceptors (Lipinski definition) is 11. The maximum atomic E-state index is 12.7. The average Bonchev–Trinajstić information content (AvgIpc) is 3.49. The van der Waals surface area contributed by atoms with E-state index in [2.05, 4.69) is 20.3 Å². The maximum absolute atomic E-state index is 12.7. The fourth-order valence-corrected chi connectivity index (χ4v) is 5.11. The molecule has 2 heterocycles. The van der Waals surface area contributed by atoms with E-state index < -0.39 is 23.8 Å². The number of methoxy groups -OCH3 is 3. The molecule has 1 amide bonds. The number of anilines is 1.